The Balaban J connectivity index is 3.21. The summed E-state index contributed by atoms with van der Waals surface area (Å²) >= 11 is 0. The molecule has 0 radical (unpaired) electrons. The molecule has 0 bridgehead atoms. The number of hydrogen-bond acceptors (Lipinski definition) is 4. The van der Waals surface area contributed by atoms with Crippen LogP contribution in [0, 0.1) is 0 Å². The third-order valence-corrected chi connectivity index (χ3v) is 2.17. The number of ether oxygens (including phenoxy) is 3. The largest absolute Gasteiger partial charge is 0.433 e. The van der Waals surface area contributed by atoms with Crippen LogP contribution in [0.1, 0.15) is 39.5 Å². The van der Waals surface area contributed by atoms with Gasteiger partial charge in [0, 0.05) is 12.7 Å². The molecule has 0 aromatic heterocycles. The topological polar surface area (TPSA) is 44.8 Å². The molecule has 0 aliphatic carbocycles. The molecule has 100 valence electrons. The Bertz CT molecular complexity index is 204. The normalized spacial score (nSPS) is 12.1. The van der Waals surface area contributed by atoms with Gasteiger partial charge in [-0.1, -0.05) is 32.8 Å². The van der Waals surface area contributed by atoms with Crippen molar-refractivity contribution in [3.05, 3.63) is 12.7 Å². The quantitative estimate of drug-likeness (QED) is 0.242. The Morgan fingerprint density at radius 3 is 2.65 bits per heavy atom. The van der Waals surface area contributed by atoms with Gasteiger partial charge in [-0.15, -0.1) is 0 Å². The number of esters is 1. The van der Waals surface area contributed by atoms with Gasteiger partial charge in [-0.2, -0.15) is 0 Å². The molecule has 0 saturated carbocycles. The molecular formula is C13H24O4. The zero-order chi connectivity index (χ0) is 12.9. The van der Waals surface area contributed by atoms with E-state index in [4.69, 9.17) is 14.2 Å². The summed E-state index contributed by atoms with van der Waals surface area (Å²) in [4.78, 5) is 10.8. The maximum absolute atomic E-state index is 10.8. The lowest BCUT2D eigenvalue weighted by molar-refractivity contribution is -0.171. The highest BCUT2D eigenvalue weighted by atomic mass is 16.7. The molecule has 0 N–H and O–H groups in total. The Kier molecular flexibility index (Phi) is 11.0. The SMILES string of the molecule is C=CC(=O)OC(C)OCCOCCCCCC. The van der Waals surface area contributed by atoms with E-state index in [2.05, 4.69) is 13.5 Å². The zero-order valence-electron chi connectivity index (χ0n) is 10.9. The van der Waals surface area contributed by atoms with E-state index in [0.29, 0.717) is 13.2 Å². The molecule has 0 aliphatic heterocycles. The van der Waals surface area contributed by atoms with Gasteiger partial charge in [0.1, 0.15) is 0 Å². The van der Waals surface area contributed by atoms with Crippen LogP contribution < -0.4 is 0 Å². The number of carbonyl (C=O) groups is 1. The first-order valence-corrected chi connectivity index (χ1v) is 6.23. The minimum absolute atomic E-state index is 0.430. The average molecular weight is 244 g/mol. The van der Waals surface area contributed by atoms with Crippen molar-refractivity contribution in [3.8, 4) is 0 Å². The van der Waals surface area contributed by atoms with Gasteiger partial charge in [-0.3, -0.25) is 0 Å². The predicted octanol–water partition coefficient (Wildman–Crippen LogP) is 2.68. The fourth-order valence-electron chi connectivity index (χ4n) is 1.25. The Morgan fingerprint density at radius 1 is 1.24 bits per heavy atom. The first-order valence-electron chi connectivity index (χ1n) is 6.23. The lowest BCUT2D eigenvalue weighted by Crippen LogP contribution is -2.19. The van der Waals surface area contributed by atoms with Gasteiger partial charge in [0.25, 0.3) is 0 Å². The van der Waals surface area contributed by atoms with E-state index in [9.17, 15) is 4.79 Å². The third kappa shape index (κ3) is 11.4. The number of hydrogen-bond donors (Lipinski definition) is 0. The van der Waals surface area contributed by atoms with E-state index in [1.54, 1.807) is 6.92 Å². The highest BCUT2D eigenvalue weighted by Gasteiger charge is 2.05. The molecule has 0 rings (SSSR count). The first kappa shape index (κ1) is 16.1. The molecule has 1 unspecified atom stereocenters. The van der Waals surface area contributed by atoms with Crippen LogP contribution in [0.4, 0.5) is 0 Å². The second-order valence-electron chi connectivity index (χ2n) is 3.75. The van der Waals surface area contributed by atoms with E-state index in [1.165, 1.54) is 19.3 Å². The van der Waals surface area contributed by atoms with Crippen molar-refractivity contribution < 1.29 is 19.0 Å². The minimum atomic E-state index is -0.552. The summed E-state index contributed by atoms with van der Waals surface area (Å²) in [6.45, 7) is 8.88. The molecule has 0 spiro atoms. The zero-order valence-corrected chi connectivity index (χ0v) is 10.9. The number of carbonyl (C=O) groups excluding carboxylic acids is 1. The van der Waals surface area contributed by atoms with Crippen LogP contribution in [0.3, 0.4) is 0 Å². The summed E-state index contributed by atoms with van der Waals surface area (Å²) < 4.78 is 15.4. The van der Waals surface area contributed by atoms with Crippen molar-refractivity contribution >= 4 is 5.97 Å². The molecular weight excluding hydrogens is 220 g/mol. The molecule has 0 fully saturated rings. The van der Waals surface area contributed by atoms with Gasteiger partial charge in [0.15, 0.2) is 0 Å². The van der Waals surface area contributed by atoms with Crippen LogP contribution in [-0.4, -0.2) is 32.1 Å². The maximum Gasteiger partial charge on any atom is 0.332 e. The smallest absolute Gasteiger partial charge is 0.332 e. The Morgan fingerprint density at radius 2 is 2.00 bits per heavy atom. The van der Waals surface area contributed by atoms with Crippen molar-refractivity contribution in [1.82, 2.24) is 0 Å². The van der Waals surface area contributed by atoms with Crippen LogP contribution in [0.5, 0.6) is 0 Å². The van der Waals surface area contributed by atoms with E-state index >= 15 is 0 Å². The number of rotatable bonds is 11. The van der Waals surface area contributed by atoms with E-state index in [1.807, 2.05) is 0 Å². The highest BCUT2D eigenvalue weighted by Crippen LogP contribution is 1.99. The minimum Gasteiger partial charge on any atom is -0.433 e. The lowest BCUT2D eigenvalue weighted by Gasteiger charge is -2.12. The van der Waals surface area contributed by atoms with Crippen LogP contribution in [0.15, 0.2) is 12.7 Å². The average Bonchev–Trinajstić information content (AvgIpc) is 2.32. The van der Waals surface area contributed by atoms with Crippen LogP contribution >= 0.6 is 0 Å². The highest BCUT2D eigenvalue weighted by molar-refractivity contribution is 5.81. The monoisotopic (exact) mass is 244 g/mol. The van der Waals surface area contributed by atoms with Gasteiger partial charge in [-0.25, -0.2) is 4.79 Å². The Hall–Kier alpha value is -0.870. The molecule has 17 heavy (non-hydrogen) atoms. The standard InChI is InChI=1S/C13H24O4/c1-4-6-7-8-9-15-10-11-16-12(3)17-13(14)5-2/h5,12H,2,4,6-11H2,1,3H3. The fraction of sp³-hybridized carbons (Fsp3) is 0.769. The van der Waals surface area contributed by atoms with Crippen LogP contribution in [0.2, 0.25) is 0 Å². The molecule has 4 nitrogen and oxygen atoms in total. The molecule has 4 heteroatoms. The van der Waals surface area contributed by atoms with Crippen molar-refractivity contribution in [2.75, 3.05) is 19.8 Å². The summed E-state index contributed by atoms with van der Waals surface area (Å²) in [5, 5.41) is 0. The third-order valence-electron chi connectivity index (χ3n) is 2.17. The van der Waals surface area contributed by atoms with Gasteiger partial charge >= 0.3 is 5.97 Å². The summed E-state index contributed by atoms with van der Waals surface area (Å²) in [6.07, 6.45) is 5.36. The van der Waals surface area contributed by atoms with Crippen molar-refractivity contribution in [2.45, 2.75) is 45.8 Å². The van der Waals surface area contributed by atoms with Crippen LogP contribution in [0.25, 0.3) is 0 Å². The van der Waals surface area contributed by atoms with E-state index in [0.717, 1.165) is 19.1 Å². The van der Waals surface area contributed by atoms with Crippen molar-refractivity contribution in [1.29, 1.82) is 0 Å². The van der Waals surface area contributed by atoms with Gasteiger partial charge < -0.3 is 14.2 Å². The van der Waals surface area contributed by atoms with Crippen molar-refractivity contribution in [2.24, 2.45) is 0 Å². The van der Waals surface area contributed by atoms with Gasteiger partial charge in [0.2, 0.25) is 6.29 Å². The fourth-order valence-corrected chi connectivity index (χ4v) is 1.25. The van der Waals surface area contributed by atoms with Gasteiger partial charge in [-0.05, 0) is 13.3 Å². The van der Waals surface area contributed by atoms with E-state index in [-0.39, 0.29) is 0 Å². The lowest BCUT2D eigenvalue weighted by atomic mass is 10.2. The maximum atomic E-state index is 10.8. The molecule has 0 heterocycles. The second kappa shape index (κ2) is 11.6. The molecule has 1 atom stereocenters. The summed E-state index contributed by atoms with van der Waals surface area (Å²) in [5.41, 5.74) is 0. The predicted molar refractivity (Wildman–Crippen MR) is 66.7 cm³/mol. The van der Waals surface area contributed by atoms with Crippen molar-refractivity contribution in [3.63, 3.8) is 0 Å². The van der Waals surface area contributed by atoms with E-state index < -0.39 is 12.3 Å². The summed E-state index contributed by atoms with van der Waals surface area (Å²) in [7, 11) is 0. The first-order chi connectivity index (χ1) is 8.20. The molecule has 0 saturated heterocycles. The van der Waals surface area contributed by atoms with Gasteiger partial charge in [0.05, 0.1) is 13.2 Å². The number of unbranched alkanes of at least 4 members (excludes halogenated alkanes) is 3. The summed E-state index contributed by atoms with van der Waals surface area (Å²) in [6, 6.07) is 0. The second-order valence-corrected chi connectivity index (χ2v) is 3.75. The molecule has 0 aliphatic rings. The molecule has 0 amide bonds. The Labute approximate surface area is 104 Å². The molecule has 0 aromatic carbocycles. The van der Waals surface area contributed by atoms with Crippen LogP contribution in [-0.2, 0) is 19.0 Å². The molecule has 0 aromatic rings. The summed E-state index contributed by atoms with van der Waals surface area (Å²) in [5.74, 6) is -0.474.